The first kappa shape index (κ1) is 19.2. The molecule has 0 spiro atoms. The monoisotopic (exact) mass is 393 g/mol. The van der Waals surface area contributed by atoms with Crippen molar-refractivity contribution in [2.75, 3.05) is 31.1 Å². The number of carbonyl (C=O) groups excluding carboxylic acids is 1. The van der Waals surface area contributed by atoms with Crippen LogP contribution in [0.1, 0.15) is 41.6 Å². The Morgan fingerprint density at radius 3 is 2.41 bits per heavy atom. The van der Waals surface area contributed by atoms with Crippen molar-refractivity contribution in [3.8, 4) is 5.82 Å². The fraction of sp³-hybridized carbons (Fsp3) is 0.429. The number of aryl methyl sites for hydroxylation is 2. The first-order chi connectivity index (χ1) is 13.9. The van der Waals surface area contributed by atoms with Gasteiger partial charge >= 0.3 is 0 Å². The largest absolute Gasteiger partial charge is 0.353 e. The van der Waals surface area contributed by atoms with Crippen molar-refractivity contribution < 1.29 is 4.79 Å². The van der Waals surface area contributed by atoms with E-state index in [2.05, 4.69) is 28.8 Å². The van der Waals surface area contributed by atoms with Crippen LogP contribution in [-0.2, 0) is 7.05 Å². The second-order valence-corrected chi connectivity index (χ2v) is 7.76. The number of rotatable bonds is 4. The van der Waals surface area contributed by atoms with Gasteiger partial charge in [0.25, 0.3) is 5.91 Å². The number of hydrogen-bond acceptors (Lipinski definition) is 5. The Morgan fingerprint density at radius 2 is 1.76 bits per heavy atom. The van der Waals surface area contributed by atoms with Gasteiger partial charge in [0.2, 0.25) is 0 Å². The number of amides is 1. The highest BCUT2D eigenvalue weighted by molar-refractivity contribution is 5.97. The molecular formula is C21H27N7O. The van der Waals surface area contributed by atoms with Gasteiger partial charge in [-0.25, -0.2) is 9.97 Å². The maximum Gasteiger partial charge on any atom is 0.259 e. The molecule has 0 atom stereocenters. The van der Waals surface area contributed by atoms with Gasteiger partial charge in [-0.15, -0.1) is 0 Å². The smallest absolute Gasteiger partial charge is 0.259 e. The molecule has 1 fully saturated rings. The predicted octanol–water partition coefficient (Wildman–Crippen LogP) is 2.40. The molecule has 3 aromatic heterocycles. The number of hydrogen-bond donors (Lipinski definition) is 0. The molecule has 8 nitrogen and oxygen atoms in total. The highest BCUT2D eigenvalue weighted by atomic mass is 16.2. The molecule has 1 aliphatic rings. The van der Waals surface area contributed by atoms with E-state index in [0.29, 0.717) is 18.7 Å². The Labute approximate surface area is 170 Å². The Bertz CT molecular complexity index is 998. The van der Waals surface area contributed by atoms with Crippen LogP contribution < -0.4 is 4.90 Å². The SMILES string of the molecule is Cc1cc(N2CCN(C(=O)c3cnn(C)c3-n3cccc3)CC2)nc(C(C)C)n1. The summed E-state index contributed by atoms with van der Waals surface area (Å²) in [5.41, 5.74) is 1.60. The van der Waals surface area contributed by atoms with E-state index >= 15 is 0 Å². The molecule has 4 rings (SSSR count). The van der Waals surface area contributed by atoms with Crippen LogP contribution >= 0.6 is 0 Å². The minimum absolute atomic E-state index is 0.0168. The molecule has 1 saturated heterocycles. The second-order valence-electron chi connectivity index (χ2n) is 7.76. The summed E-state index contributed by atoms with van der Waals surface area (Å²) in [5, 5.41) is 4.31. The summed E-state index contributed by atoms with van der Waals surface area (Å²) in [6.45, 7) is 9.01. The molecule has 1 aliphatic heterocycles. The first-order valence-electron chi connectivity index (χ1n) is 9.99. The van der Waals surface area contributed by atoms with Crippen LogP contribution in [0, 0.1) is 6.92 Å². The van der Waals surface area contributed by atoms with Crippen molar-refractivity contribution in [1.29, 1.82) is 0 Å². The number of nitrogens with zero attached hydrogens (tertiary/aromatic N) is 7. The number of aromatic nitrogens is 5. The molecule has 0 saturated carbocycles. The van der Waals surface area contributed by atoms with Gasteiger partial charge in [-0.1, -0.05) is 13.8 Å². The topological polar surface area (TPSA) is 72.1 Å². The second kappa shape index (κ2) is 7.69. The van der Waals surface area contributed by atoms with Crippen molar-refractivity contribution in [1.82, 2.24) is 29.2 Å². The number of carbonyl (C=O) groups is 1. The highest BCUT2D eigenvalue weighted by Gasteiger charge is 2.27. The first-order valence-corrected chi connectivity index (χ1v) is 9.99. The summed E-state index contributed by atoms with van der Waals surface area (Å²) < 4.78 is 3.66. The van der Waals surface area contributed by atoms with Gasteiger partial charge in [0.05, 0.1) is 6.20 Å². The zero-order valence-electron chi connectivity index (χ0n) is 17.4. The predicted molar refractivity (Wildman–Crippen MR) is 112 cm³/mol. The fourth-order valence-corrected chi connectivity index (χ4v) is 3.67. The summed E-state index contributed by atoms with van der Waals surface area (Å²) >= 11 is 0. The molecule has 29 heavy (non-hydrogen) atoms. The van der Waals surface area contributed by atoms with Crippen LogP contribution in [0.15, 0.2) is 36.8 Å². The summed E-state index contributed by atoms with van der Waals surface area (Å²) in [7, 11) is 1.85. The quantitative estimate of drug-likeness (QED) is 0.681. The third kappa shape index (κ3) is 3.74. The van der Waals surface area contributed by atoms with Gasteiger partial charge in [-0.05, 0) is 19.1 Å². The van der Waals surface area contributed by atoms with Crippen molar-refractivity contribution >= 4 is 11.7 Å². The molecular weight excluding hydrogens is 366 g/mol. The minimum atomic E-state index is 0.0168. The van der Waals surface area contributed by atoms with E-state index in [9.17, 15) is 4.79 Å². The molecule has 0 unspecified atom stereocenters. The van der Waals surface area contributed by atoms with Crippen molar-refractivity contribution in [3.63, 3.8) is 0 Å². The molecule has 8 heteroatoms. The summed E-state index contributed by atoms with van der Waals surface area (Å²) in [4.78, 5) is 26.6. The molecule has 0 N–H and O–H groups in total. The molecule has 0 radical (unpaired) electrons. The Hall–Kier alpha value is -3.16. The lowest BCUT2D eigenvalue weighted by molar-refractivity contribution is 0.0746. The number of piperazine rings is 1. The fourth-order valence-electron chi connectivity index (χ4n) is 3.67. The summed E-state index contributed by atoms with van der Waals surface area (Å²) in [6, 6.07) is 5.90. The van der Waals surface area contributed by atoms with Gasteiger partial charge in [0.1, 0.15) is 23.0 Å². The van der Waals surface area contributed by atoms with Crippen molar-refractivity contribution in [3.05, 3.63) is 53.9 Å². The van der Waals surface area contributed by atoms with Gasteiger partial charge in [0.15, 0.2) is 0 Å². The molecule has 0 aliphatic carbocycles. The molecule has 3 aromatic rings. The van der Waals surface area contributed by atoms with Gasteiger partial charge in [0, 0.05) is 63.3 Å². The molecule has 1 amide bonds. The lowest BCUT2D eigenvalue weighted by Crippen LogP contribution is -2.49. The molecule has 152 valence electrons. The Balaban J connectivity index is 1.49. The van der Waals surface area contributed by atoms with Gasteiger partial charge < -0.3 is 14.4 Å². The van der Waals surface area contributed by atoms with E-state index in [0.717, 1.165) is 36.2 Å². The van der Waals surface area contributed by atoms with Crippen LogP contribution in [0.25, 0.3) is 5.82 Å². The van der Waals surface area contributed by atoms with Crippen LogP contribution in [0.2, 0.25) is 0 Å². The summed E-state index contributed by atoms with van der Waals surface area (Å²) in [5.74, 6) is 2.90. The molecule has 0 bridgehead atoms. The van der Waals surface area contributed by atoms with Crippen LogP contribution in [0.5, 0.6) is 0 Å². The van der Waals surface area contributed by atoms with Crippen LogP contribution in [0.4, 0.5) is 5.82 Å². The average Bonchev–Trinajstić information content (AvgIpc) is 3.36. The Morgan fingerprint density at radius 1 is 1.07 bits per heavy atom. The van der Waals surface area contributed by atoms with Crippen LogP contribution in [0.3, 0.4) is 0 Å². The van der Waals surface area contributed by atoms with E-state index in [1.54, 1.807) is 10.9 Å². The average molecular weight is 393 g/mol. The zero-order chi connectivity index (χ0) is 20.5. The van der Waals surface area contributed by atoms with E-state index in [1.165, 1.54) is 0 Å². The van der Waals surface area contributed by atoms with Gasteiger partial charge in [-0.3, -0.25) is 9.48 Å². The van der Waals surface area contributed by atoms with E-state index < -0.39 is 0 Å². The maximum absolute atomic E-state index is 13.2. The summed E-state index contributed by atoms with van der Waals surface area (Å²) in [6.07, 6.45) is 5.51. The van der Waals surface area contributed by atoms with Crippen LogP contribution in [-0.4, -0.2) is 61.3 Å². The molecule has 4 heterocycles. The van der Waals surface area contributed by atoms with E-state index in [4.69, 9.17) is 4.98 Å². The van der Waals surface area contributed by atoms with E-state index in [1.807, 2.05) is 54.0 Å². The Kier molecular flexibility index (Phi) is 5.08. The third-order valence-corrected chi connectivity index (χ3v) is 5.25. The molecule has 0 aromatic carbocycles. The lowest BCUT2D eigenvalue weighted by atomic mass is 10.2. The number of anilines is 1. The standard InChI is InChI=1S/C21H27N7O/c1-15(2)19-23-16(3)13-18(24-19)26-9-11-28(12-10-26)21(29)17-14-22-25(4)20(17)27-7-5-6-8-27/h5-8,13-15H,9-12H2,1-4H3. The van der Waals surface area contributed by atoms with E-state index in [-0.39, 0.29) is 11.8 Å². The third-order valence-electron chi connectivity index (χ3n) is 5.25. The van der Waals surface area contributed by atoms with Gasteiger partial charge in [-0.2, -0.15) is 5.10 Å². The van der Waals surface area contributed by atoms with Crippen molar-refractivity contribution in [2.24, 2.45) is 7.05 Å². The zero-order valence-corrected chi connectivity index (χ0v) is 17.4. The van der Waals surface area contributed by atoms with Crippen molar-refractivity contribution in [2.45, 2.75) is 26.7 Å². The lowest BCUT2D eigenvalue weighted by Gasteiger charge is -2.35. The minimum Gasteiger partial charge on any atom is -0.353 e. The maximum atomic E-state index is 13.2. The normalized spacial score (nSPS) is 14.7. The highest BCUT2D eigenvalue weighted by Crippen LogP contribution is 2.21.